The molecule has 0 aromatic heterocycles. The Morgan fingerprint density at radius 2 is 2.12 bits per heavy atom. The van der Waals surface area contributed by atoms with E-state index < -0.39 is 10.0 Å². The summed E-state index contributed by atoms with van der Waals surface area (Å²) in [5.74, 6) is -0.265. The highest BCUT2D eigenvalue weighted by Crippen LogP contribution is 2.18. The second-order valence-electron chi connectivity index (χ2n) is 6.14. The van der Waals surface area contributed by atoms with Gasteiger partial charge in [0.1, 0.15) is 0 Å². The normalized spacial score (nSPS) is 15.5. The van der Waals surface area contributed by atoms with Crippen LogP contribution in [0.5, 0.6) is 0 Å². The van der Waals surface area contributed by atoms with Crippen LogP contribution in [0.1, 0.15) is 30.6 Å². The van der Waals surface area contributed by atoms with E-state index in [1.54, 1.807) is 26.0 Å². The summed E-state index contributed by atoms with van der Waals surface area (Å²) in [5.41, 5.74) is 1.54. The third-order valence-electron chi connectivity index (χ3n) is 4.13. The molecule has 1 aliphatic rings. The lowest BCUT2D eigenvalue weighted by Crippen LogP contribution is -2.33. The van der Waals surface area contributed by atoms with E-state index in [2.05, 4.69) is 16.7 Å². The average Bonchev–Trinajstić information content (AvgIpc) is 2.59. The minimum atomic E-state index is -3.60. The molecule has 0 aliphatic carbocycles. The molecule has 2 rings (SSSR count). The number of amides is 1. The van der Waals surface area contributed by atoms with Crippen LogP contribution in [0, 0.1) is 0 Å². The Morgan fingerprint density at radius 1 is 1.38 bits per heavy atom. The topological polar surface area (TPSA) is 78.5 Å². The molecule has 132 valence electrons. The van der Waals surface area contributed by atoms with E-state index in [4.69, 9.17) is 0 Å². The molecule has 1 amide bonds. The molecular formula is C17H25N3O3S. The Bertz CT molecular complexity index is 726. The molecule has 2 N–H and O–H groups in total. The molecule has 0 fully saturated rings. The van der Waals surface area contributed by atoms with E-state index in [0.29, 0.717) is 12.1 Å². The van der Waals surface area contributed by atoms with Crippen LogP contribution in [-0.2, 0) is 10.0 Å². The number of hydrogen-bond donors (Lipinski definition) is 2. The van der Waals surface area contributed by atoms with Crippen LogP contribution in [0.3, 0.4) is 0 Å². The molecule has 0 saturated heterocycles. The molecule has 1 aliphatic heterocycles. The van der Waals surface area contributed by atoms with Gasteiger partial charge in [-0.1, -0.05) is 17.7 Å². The lowest BCUT2D eigenvalue weighted by atomic mass is 10.1. The highest BCUT2D eigenvalue weighted by Gasteiger charge is 2.23. The molecule has 1 heterocycles. The highest BCUT2D eigenvalue weighted by atomic mass is 32.2. The first kappa shape index (κ1) is 18.6. The van der Waals surface area contributed by atoms with E-state index >= 15 is 0 Å². The highest BCUT2D eigenvalue weighted by molar-refractivity contribution is 7.89. The summed E-state index contributed by atoms with van der Waals surface area (Å²) in [5, 5.41) is 6.07. The van der Waals surface area contributed by atoms with Gasteiger partial charge < -0.3 is 10.6 Å². The summed E-state index contributed by atoms with van der Waals surface area (Å²) in [6.07, 6.45) is 2.98. The van der Waals surface area contributed by atoms with Crippen molar-refractivity contribution in [3.05, 3.63) is 41.5 Å². The van der Waals surface area contributed by atoms with E-state index in [9.17, 15) is 13.2 Å². The molecule has 0 atom stereocenters. The molecule has 1 aromatic carbocycles. The van der Waals surface area contributed by atoms with Crippen molar-refractivity contribution < 1.29 is 13.2 Å². The van der Waals surface area contributed by atoms with E-state index in [1.165, 1.54) is 29.1 Å². The number of benzene rings is 1. The SMILES string of the molecule is CC(C)N(C)S(=O)(=O)c1cccc(C(=O)NCC2=CCNCC2)c1. The number of sulfonamides is 1. The summed E-state index contributed by atoms with van der Waals surface area (Å²) >= 11 is 0. The number of nitrogens with zero attached hydrogens (tertiary/aromatic N) is 1. The van der Waals surface area contributed by atoms with Gasteiger partial charge in [-0.25, -0.2) is 8.42 Å². The van der Waals surface area contributed by atoms with Gasteiger partial charge >= 0.3 is 0 Å². The smallest absolute Gasteiger partial charge is 0.251 e. The minimum absolute atomic E-state index is 0.132. The molecule has 7 heteroatoms. The first-order valence-corrected chi connectivity index (χ1v) is 9.51. The third-order valence-corrected chi connectivity index (χ3v) is 6.16. The van der Waals surface area contributed by atoms with Gasteiger partial charge in [0.2, 0.25) is 10.0 Å². The molecule has 0 unspecified atom stereocenters. The number of rotatable bonds is 6. The summed E-state index contributed by atoms with van der Waals surface area (Å²) in [6.45, 7) is 5.84. The van der Waals surface area contributed by atoms with Crippen LogP contribution >= 0.6 is 0 Å². The number of carbonyl (C=O) groups excluding carboxylic acids is 1. The summed E-state index contributed by atoms with van der Waals surface area (Å²) in [6, 6.07) is 6.01. The van der Waals surface area contributed by atoms with Crippen LogP contribution in [0.2, 0.25) is 0 Å². The zero-order chi connectivity index (χ0) is 17.7. The van der Waals surface area contributed by atoms with Gasteiger partial charge in [0.15, 0.2) is 0 Å². The lowest BCUT2D eigenvalue weighted by molar-refractivity contribution is 0.0956. The molecule has 0 saturated carbocycles. The zero-order valence-electron chi connectivity index (χ0n) is 14.4. The second-order valence-corrected chi connectivity index (χ2v) is 8.14. The fourth-order valence-electron chi connectivity index (χ4n) is 2.37. The lowest BCUT2D eigenvalue weighted by Gasteiger charge is -2.21. The first-order valence-electron chi connectivity index (χ1n) is 8.07. The molecule has 0 spiro atoms. The van der Waals surface area contributed by atoms with Crippen molar-refractivity contribution >= 4 is 15.9 Å². The van der Waals surface area contributed by atoms with Crippen molar-refractivity contribution in [1.82, 2.24) is 14.9 Å². The van der Waals surface area contributed by atoms with Gasteiger partial charge in [-0.2, -0.15) is 4.31 Å². The van der Waals surface area contributed by atoms with Gasteiger partial charge in [0.05, 0.1) is 4.90 Å². The van der Waals surface area contributed by atoms with Gasteiger partial charge in [-0.05, 0) is 45.0 Å². The average molecular weight is 351 g/mol. The maximum absolute atomic E-state index is 12.5. The van der Waals surface area contributed by atoms with Crippen molar-refractivity contribution in [2.24, 2.45) is 0 Å². The van der Waals surface area contributed by atoms with Crippen molar-refractivity contribution in [3.63, 3.8) is 0 Å². The minimum Gasteiger partial charge on any atom is -0.348 e. The monoisotopic (exact) mass is 351 g/mol. The molecular weight excluding hydrogens is 326 g/mol. The Morgan fingerprint density at radius 3 is 2.75 bits per heavy atom. The molecule has 24 heavy (non-hydrogen) atoms. The zero-order valence-corrected chi connectivity index (χ0v) is 15.2. The summed E-state index contributed by atoms with van der Waals surface area (Å²) in [4.78, 5) is 12.4. The summed E-state index contributed by atoms with van der Waals surface area (Å²) in [7, 11) is -2.06. The maximum Gasteiger partial charge on any atom is 0.251 e. The van der Waals surface area contributed by atoms with Crippen molar-refractivity contribution in [2.45, 2.75) is 31.2 Å². The third kappa shape index (κ3) is 4.43. The number of nitrogens with one attached hydrogen (secondary N) is 2. The Kier molecular flexibility index (Phi) is 6.15. The standard InChI is InChI=1S/C17H25N3O3S/c1-13(2)20(3)24(22,23)16-6-4-5-15(11-16)17(21)19-12-14-7-9-18-10-8-14/h4-7,11,13,18H,8-10,12H2,1-3H3,(H,19,21). The van der Waals surface area contributed by atoms with Crippen molar-refractivity contribution in [2.75, 3.05) is 26.7 Å². The van der Waals surface area contributed by atoms with Crippen LogP contribution in [0.25, 0.3) is 0 Å². The van der Waals surface area contributed by atoms with Crippen LogP contribution in [-0.4, -0.2) is 51.4 Å². The number of hydrogen-bond acceptors (Lipinski definition) is 4. The largest absolute Gasteiger partial charge is 0.348 e. The van der Waals surface area contributed by atoms with Gasteiger partial charge in [-0.3, -0.25) is 4.79 Å². The molecule has 6 nitrogen and oxygen atoms in total. The summed E-state index contributed by atoms with van der Waals surface area (Å²) < 4.78 is 26.4. The van der Waals surface area contributed by atoms with Crippen LogP contribution in [0.15, 0.2) is 40.8 Å². The van der Waals surface area contributed by atoms with Gasteiger partial charge in [0, 0.05) is 31.7 Å². The van der Waals surface area contributed by atoms with Crippen molar-refractivity contribution in [1.29, 1.82) is 0 Å². The quantitative estimate of drug-likeness (QED) is 0.759. The first-order chi connectivity index (χ1) is 11.3. The van der Waals surface area contributed by atoms with Crippen LogP contribution in [0.4, 0.5) is 0 Å². The fourth-order valence-corrected chi connectivity index (χ4v) is 3.78. The second kappa shape index (κ2) is 7.92. The van der Waals surface area contributed by atoms with E-state index in [-0.39, 0.29) is 16.8 Å². The van der Waals surface area contributed by atoms with Crippen molar-refractivity contribution in [3.8, 4) is 0 Å². The Balaban J connectivity index is 2.12. The van der Waals surface area contributed by atoms with Crippen LogP contribution < -0.4 is 10.6 Å². The Labute approximate surface area is 144 Å². The van der Waals surface area contributed by atoms with E-state index in [1.807, 2.05) is 0 Å². The molecule has 1 aromatic rings. The maximum atomic E-state index is 12.5. The fraction of sp³-hybridized carbons (Fsp3) is 0.471. The van der Waals surface area contributed by atoms with E-state index in [0.717, 1.165) is 19.5 Å². The molecule has 0 bridgehead atoms. The Hall–Kier alpha value is -1.70. The van der Waals surface area contributed by atoms with Gasteiger partial charge in [-0.15, -0.1) is 0 Å². The van der Waals surface area contributed by atoms with Gasteiger partial charge in [0.25, 0.3) is 5.91 Å². The predicted octanol–water partition coefficient (Wildman–Crippen LogP) is 1.37. The number of carbonyl (C=O) groups is 1. The molecule has 0 radical (unpaired) electrons. The predicted molar refractivity (Wildman–Crippen MR) is 94.4 cm³/mol.